The Morgan fingerprint density at radius 2 is 2.33 bits per heavy atom. The molecule has 0 aliphatic heterocycles. The number of aliphatic hydroxyl groups is 1. The summed E-state index contributed by atoms with van der Waals surface area (Å²) >= 11 is 0. The van der Waals surface area contributed by atoms with Crippen molar-refractivity contribution in [1.29, 1.82) is 0 Å². The summed E-state index contributed by atoms with van der Waals surface area (Å²) < 4.78 is 1.72. The molecule has 1 aromatic heterocycles. The molecule has 1 aliphatic rings. The molecule has 0 saturated heterocycles. The fraction of sp³-hybridized carbons (Fsp3) is 0.692. The zero-order valence-corrected chi connectivity index (χ0v) is 11.1. The molecule has 5 nitrogen and oxygen atoms in total. The number of aliphatic hydroxyl groups excluding tert-OH is 1. The highest BCUT2D eigenvalue weighted by atomic mass is 16.3. The van der Waals surface area contributed by atoms with Gasteiger partial charge in [-0.15, -0.1) is 0 Å². The van der Waals surface area contributed by atoms with Gasteiger partial charge in [0.05, 0.1) is 0 Å². The molecule has 1 N–H and O–H groups in total. The van der Waals surface area contributed by atoms with Crippen LogP contribution in [0.1, 0.15) is 41.9 Å². The van der Waals surface area contributed by atoms with Crippen LogP contribution in [-0.2, 0) is 7.05 Å². The maximum atomic E-state index is 12.4. The Morgan fingerprint density at radius 3 is 2.78 bits per heavy atom. The first-order chi connectivity index (χ1) is 8.63. The van der Waals surface area contributed by atoms with Crippen LogP contribution in [0.15, 0.2) is 6.07 Å². The van der Waals surface area contributed by atoms with Crippen molar-refractivity contribution < 1.29 is 9.90 Å². The van der Waals surface area contributed by atoms with Crippen LogP contribution in [0.25, 0.3) is 0 Å². The van der Waals surface area contributed by atoms with E-state index in [1.54, 1.807) is 4.68 Å². The SMILES string of the molecule is Cc1cc(C(=O)N(CCCO)C2CCC2)nn1C. The van der Waals surface area contributed by atoms with Crippen LogP contribution >= 0.6 is 0 Å². The number of hydrogen-bond acceptors (Lipinski definition) is 3. The Labute approximate surface area is 107 Å². The summed E-state index contributed by atoms with van der Waals surface area (Å²) in [6.45, 7) is 2.68. The Balaban J connectivity index is 2.11. The predicted molar refractivity (Wildman–Crippen MR) is 68.3 cm³/mol. The van der Waals surface area contributed by atoms with Crippen LogP contribution in [0, 0.1) is 6.92 Å². The maximum absolute atomic E-state index is 12.4. The zero-order valence-electron chi connectivity index (χ0n) is 11.1. The molecule has 1 heterocycles. The molecule has 0 aromatic carbocycles. The van der Waals surface area contributed by atoms with Gasteiger partial charge in [-0.3, -0.25) is 9.48 Å². The topological polar surface area (TPSA) is 58.4 Å². The molecule has 1 saturated carbocycles. The van der Waals surface area contributed by atoms with Gasteiger partial charge in [-0.2, -0.15) is 5.10 Å². The van der Waals surface area contributed by atoms with E-state index in [9.17, 15) is 4.79 Å². The molecule has 0 atom stereocenters. The minimum Gasteiger partial charge on any atom is -0.396 e. The first-order valence-corrected chi connectivity index (χ1v) is 6.56. The van der Waals surface area contributed by atoms with E-state index in [0.29, 0.717) is 24.7 Å². The average molecular weight is 251 g/mol. The first-order valence-electron chi connectivity index (χ1n) is 6.56. The van der Waals surface area contributed by atoms with E-state index < -0.39 is 0 Å². The normalized spacial score (nSPS) is 15.5. The highest BCUT2D eigenvalue weighted by Crippen LogP contribution is 2.26. The van der Waals surface area contributed by atoms with Gasteiger partial charge in [-0.25, -0.2) is 0 Å². The molecule has 100 valence electrons. The lowest BCUT2D eigenvalue weighted by atomic mass is 9.91. The number of hydrogen-bond donors (Lipinski definition) is 1. The third-order valence-electron chi connectivity index (χ3n) is 3.67. The second-order valence-electron chi connectivity index (χ2n) is 4.96. The number of amides is 1. The van der Waals surface area contributed by atoms with Crippen molar-refractivity contribution in [2.45, 2.75) is 38.6 Å². The van der Waals surface area contributed by atoms with Gasteiger partial charge in [-0.05, 0) is 38.7 Å². The van der Waals surface area contributed by atoms with Crippen LogP contribution in [0.2, 0.25) is 0 Å². The highest BCUT2D eigenvalue weighted by molar-refractivity contribution is 5.92. The standard InChI is InChI=1S/C13H21N3O2/c1-10-9-12(14-15(10)2)13(18)16(7-4-8-17)11-5-3-6-11/h9,11,17H,3-8H2,1-2H3. The van der Waals surface area contributed by atoms with Crippen molar-refractivity contribution in [2.75, 3.05) is 13.2 Å². The third kappa shape index (κ3) is 2.56. The second kappa shape index (κ2) is 5.52. The van der Waals surface area contributed by atoms with E-state index in [2.05, 4.69) is 5.10 Å². The van der Waals surface area contributed by atoms with E-state index in [1.165, 1.54) is 6.42 Å². The first kappa shape index (κ1) is 13.1. The third-order valence-corrected chi connectivity index (χ3v) is 3.67. The Morgan fingerprint density at radius 1 is 1.61 bits per heavy atom. The average Bonchev–Trinajstić information content (AvgIpc) is 2.61. The summed E-state index contributed by atoms with van der Waals surface area (Å²) in [5.41, 5.74) is 1.49. The van der Waals surface area contributed by atoms with E-state index in [-0.39, 0.29) is 12.5 Å². The van der Waals surface area contributed by atoms with Crippen LogP contribution in [0.4, 0.5) is 0 Å². The summed E-state index contributed by atoms with van der Waals surface area (Å²) in [7, 11) is 1.84. The van der Waals surface area contributed by atoms with Crippen LogP contribution in [0.3, 0.4) is 0 Å². The molecule has 0 bridgehead atoms. The summed E-state index contributed by atoms with van der Waals surface area (Å²) in [6, 6.07) is 2.17. The molecule has 1 fully saturated rings. The maximum Gasteiger partial charge on any atom is 0.274 e. The van der Waals surface area contributed by atoms with E-state index in [4.69, 9.17) is 5.11 Å². The number of rotatable bonds is 5. The van der Waals surface area contributed by atoms with Gasteiger partial charge in [0.2, 0.25) is 0 Å². The van der Waals surface area contributed by atoms with Crippen LogP contribution in [-0.4, -0.2) is 44.9 Å². The molecule has 0 radical (unpaired) electrons. The van der Waals surface area contributed by atoms with Crippen molar-refractivity contribution in [1.82, 2.24) is 14.7 Å². The van der Waals surface area contributed by atoms with Crippen molar-refractivity contribution in [3.8, 4) is 0 Å². The lowest BCUT2D eigenvalue weighted by molar-refractivity contribution is 0.0555. The summed E-state index contributed by atoms with van der Waals surface area (Å²) in [4.78, 5) is 14.3. The van der Waals surface area contributed by atoms with Gasteiger partial charge in [0, 0.05) is 31.9 Å². The molecule has 0 unspecified atom stereocenters. The molecule has 1 aromatic rings. The molecule has 2 rings (SSSR count). The lowest BCUT2D eigenvalue weighted by Gasteiger charge is -2.37. The fourth-order valence-electron chi connectivity index (χ4n) is 2.20. The summed E-state index contributed by atoms with van der Waals surface area (Å²) in [6.07, 6.45) is 3.97. The van der Waals surface area contributed by atoms with Gasteiger partial charge >= 0.3 is 0 Å². The number of nitrogens with zero attached hydrogens (tertiary/aromatic N) is 3. The minimum absolute atomic E-state index is 0.00292. The fourth-order valence-corrected chi connectivity index (χ4v) is 2.20. The van der Waals surface area contributed by atoms with Crippen LogP contribution < -0.4 is 0 Å². The smallest absolute Gasteiger partial charge is 0.274 e. The van der Waals surface area contributed by atoms with Crippen molar-refractivity contribution in [3.63, 3.8) is 0 Å². The lowest BCUT2D eigenvalue weighted by Crippen LogP contribution is -2.45. The van der Waals surface area contributed by atoms with Gasteiger partial charge in [-0.1, -0.05) is 0 Å². The van der Waals surface area contributed by atoms with E-state index in [1.807, 2.05) is 24.9 Å². The van der Waals surface area contributed by atoms with Crippen molar-refractivity contribution in [3.05, 3.63) is 17.5 Å². The number of carbonyl (C=O) groups excluding carboxylic acids is 1. The van der Waals surface area contributed by atoms with E-state index in [0.717, 1.165) is 18.5 Å². The van der Waals surface area contributed by atoms with Crippen LogP contribution in [0.5, 0.6) is 0 Å². The second-order valence-corrected chi connectivity index (χ2v) is 4.96. The molecule has 1 aliphatic carbocycles. The molecule has 18 heavy (non-hydrogen) atoms. The molecule has 1 amide bonds. The van der Waals surface area contributed by atoms with Crippen molar-refractivity contribution in [2.24, 2.45) is 7.05 Å². The molecule has 5 heteroatoms. The quantitative estimate of drug-likeness (QED) is 0.852. The number of aromatic nitrogens is 2. The Hall–Kier alpha value is -1.36. The van der Waals surface area contributed by atoms with Gasteiger partial charge < -0.3 is 10.0 Å². The summed E-state index contributed by atoms with van der Waals surface area (Å²) in [5.74, 6) is -0.00292. The Kier molecular flexibility index (Phi) is 4.01. The number of carbonyl (C=O) groups is 1. The van der Waals surface area contributed by atoms with Gasteiger partial charge in [0.25, 0.3) is 5.91 Å². The zero-order chi connectivity index (χ0) is 13.1. The molecular formula is C13H21N3O2. The van der Waals surface area contributed by atoms with E-state index >= 15 is 0 Å². The monoisotopic (exact) mass is 251 g/mol. The van der Waals surface area contributed by atoms with Gasteiger partial charge in [0.15, 0.2) is 5.69 Å². The predicted octanol–water partition coefficient (Wildman–Crippen LogP) is 1.11. The van der Waals surface area contributed by atoms with Crippen molar-refractivity contribution >= 4 is 5.91 Å². The summed E-state index contributed by atoms with van der Waals surface area (Å²) in [5, 5.41) is 13.2. The highest BCUT2D eigenvalue weighted by Gasteiger charge is 2.30. The number of aryl methyl sites for hydroxylation is 2. The molecular weight excluding hydrogens is 230 g/mol. The van der Waals surface area contributed by atoms with Gasteiger partial charge in [0.1, 0.15) is 0 Å². The minimum atomic E-state index is -0.00292. The largest absolute Gasteiger partial charge is 0.396 e. The molecule has 0 spiro atoms. The Bertz CT molecular complexity index is 404.